The Hall–Kier alpha value is -1.76. The minimum Gasteiger partial charge on any atom is -0.223 e. The summed E-state index contributed by atoms with van der Waals surface area (Å²) in [5, 5.41) is 0. The summed E-state index contributed by atoms with van der Waals surface area (Å²) in [7, 11) is -8.18. The second-order valence-electron chi connectivity index (χ2n) is 3.17. The molecule has 96 valence electrons. The number of carbonyl (C=O) groups excluding carboxylic acids is 1. The van der Waals surface area contributed by atoms with Gasteiger partial charge in [-0.05, 0) is 12.1 Å². The van der Waals surface area contributed by atoms with Gasteiger partial charge < -0.3 is 0 Å². The summed E-state index contributed by atoms with van der Waals surface area (Å²) in [6.45, 7) is 3.29. The van der Waals surface area contributed by atoms with Crippen molar-refractivity contribution in [1.82, 2.24) is 0 Å². The molecule has 0 amide bonds. The molecule has 0 unspecified atom stereocenters. The van der Waals surface area contributed by atoms with Crippen molar-refractivity contribution in [3.63, 3.8) is 0 Å². The van der Waals surface area contributed by atoms with Crippen LogP contribution in [0.1, 0.15) is 0 Å². The van der Waals surface area contributed by atoms with Crippen LogP contribution < -0.4 is 0 Å². The Bertz CT molecular complexity index is 712. The third-order valence-electron chi connectivity index (χ3n) is 1.96. The molecule has 0 atom stereocenters. The molecule has 1 aromatic rings. The van der Waals surface area contributed by atoms with Gasteiger partial charge in [0, 0.05) is 0 Å². The Morgan fingerprint density at radius 2 is 1.72 bits per heavy atom. The molecule has 6 nitrogen and oxygen atoms in total. The highest BCUT2D eigenvalue weighted by molar-refractivity contribution is 7.94. The molecule has 0 fully saturated rings. The van der Waals surface area contributed by atoms with Crippen LogP contribution in [0.2, 0.25) is 0 Å². The minimum atomic E-state index is -4.35. The molecule has 1 aromatic carbocycles. The van der Waals surface area contributed by atoms with E-state index >= 15 is 0 Å². The highest BCUT2D eigenvalue weighted by Crippen LogP contribution is 2.23. The zero-order valence-corrected chi connectivity index (χ0v) is 10.7. The summed E-state index contributed by atoms with van der Waals surface area (Å²) in [4.78, 5) is 9.08. The van der Waals surface area contributed by atoms with Gasteiger partial charge in [-0.2, -0.15) is 8.42 Å². The molecule has 0 heterocycles. The molecule has 0 spiro atoms. The lowest BCUT2D eigenvalue weighted by Gasteiger charge is -2.06. The number of sulfone groups is 1. The van der Waals surface area contributed by atoms with Gasteiger partial charge >= 0.3 is 0 Å². The maximum Gasteiger partial charge on any atom is 0.293 e. The molecule has 8 heteroatoms. The van der Waals surface area contributed by atoms with E-state index in [1.807, 2.05) is 0 Å². The predicted molar refractivity (Wildman–Crippen MR) is 64.0 cm³/mol. The smallest absolute Gasteiger partial charge is 0.223 e. The second-order valence-corrected chi connectivity index (χ2v) is 6.75. The SMILES string of the molecule is C=CCS(=O)(=O)c1ccccc1S(=O)(=O)N=C=O. The maximum absolute atomic E-state index is 11.8. The first-order chi connectivity index (χ1) is 8.35. The lowest BCUT2D eigenvalue weighted by Crippen LogP contribution is -2.10. The van der Waals surface area contributed by atoms with Crippen LogP contribution in [-0.2, 0) is 24.7 Å². The standard InChI is InChI=1S/C10H9NO5S2/c1-2-7-17(13,14)9-5-3-4-6-10(9)18(15,16)11-8-12/h2-6H,1,7H2. The van der Waals surface area contributed by atoms with Gasteiger partial charge in [0.2, 0.25) is 0 Å². The maximum atomic E-state index is 11.8. The number of rotatable bonds is 5. The molecule has 0 aliphatic heterocycles. The van der Waals surface area contributed by atoms with Crippen molar-refractivity contribution in [3.05, 3.63) is 36.9 Å². The largest absolute Gasteiger partial charge is 0.293 e. The molecular formula is C10H9NO5S2. The summed E-state index contributed by atoms with van der Waals surface area (Å²) in [5.41, 5.74) is 0. The van der Waals surface area contributed by atoms with Crippen LogP contribution in [0.25, 0.3) is 0 Å². The molecule has 0 aliphatic carbocycles. The molecule has 0 saturated carbocycles. The van der Waals surface area contributed by atoms with Crippen LogP contribution in [0.5, 0.6) is 0 Å². The molecule has 0 aromatic heterocycles. The minimum absolute atomic E-state index is 0.412. The van der Waals surface area contributed by atoms with Crippen molar-refractivity contribution < 1.29 is 21.6 Å². The van der Waals surface area contributed by atoms with Gasteiger partial charge in [-0.1, -0.05) is 22.6 Å². The number of hydrogen-bond donors (Lipinski definition) is 0. The average molecular weight is 287 g/mol. The number of sulfonamides is 1. The fourth-order valence-electron chi connectivity index (χ4n) is 1.26. The molecule has 0 N–H and O–H groups in total. The summed E-state index contributed by atoms with van der Waals surface area (Å²) in [5.74, 6) is -0.412. The van der Waals surface area contributed by atoms with Gasteiger partial charge in [-0.3, -0.25) is 0 Å². The monoisotopic (exact) mass is 287 g/mol. The highest BCUT2D eigenvalue weighted by Gasteiger charge is 2.24. The van der Waals surface area contributed by atoms with Gasteiger partial charge in [-0.25, -0.2) is 13.2 Å². The predicted octanol–water partition coefficient (Wildman–Crippen LogP) is 0.671. The lowest BCUT2D eigenvalue weighted by molar-refractivity contribution is 0.562. The summed E-state index contributed by atoms with van der Waals surface area (Å²) in [6, 6.07) is 4.90. The summed E-state index contributed by atoms with van der Waals surface area (Å²) < 4.78 is 49.5. The molecule has 0 aliphatic rings. The van der Waals surface area contributed by atoms with Crippen molar-refractivity contribution in [3.8, 4) is 0 Å². The number of nitrogens with zero attached hydrogens (tertiary/aromatic N) is 1. The number of isocyanates is 1. The van der Waals surface area contributed by atoms with Gasteiger partial charge in [-0.15, -0.1) is 6.58 Å². The van der Waals surface area contributed by atoms with Crippen LogP contribution >= 0.6 is 0 Å². The van der Waals surface area contributed by atoms with E-state index in [2.05, 4.69) is 11.0 Å². The Morgan fingerprint density at radius 1 is 1.17 bits per heavy atom. The third-order valence-corrected chi connectivity index (χ3v) is 5.01. The van der Waals surface area contributed by atoms with Gasteiger partial charge in [0.1, 0.15) is 4.90 Å². The second kappa shape index (κ2) is 5.26. The van der Waals surface area contributed by atoms with Gasteiger partial charge in [0.05, 0.1) is 10.6 Å². The van der Waals surface area contributed by atoms with Crippen LogP contribution in [-0.4, -0.2) is 28.7 Å². The van der Waals surface area contributed by atoms with Crippen molar-refractivity contribution >= 4 is 25.9 Å². The number of benzene rings is 1. The molecule has 0 saturated heterocycles. The van der Waals surface area contributed by atoms with Crippen molar-refractivity contribution in [2.45, 2.75) is 9.79 Å². The van der Waals surface area contributed by atoms with E-state index in [1.54, 1.807) is 0 Å². The van der Waals surface area contributed by atoms with Crippen LogP contribution in [0, 0.1) is 0 Å². The topological polar surface area (TPSA) is 97.7 Å². The van der Waals surface area contributed by atoms with Crippen LogP contribution in [0.15, 0.2) is 51.1 Å². The molecule has 18 heavy (non-hydrogen) atoms. The van der Waals surface area contributed by atoms with Crippen molar-refractivity contribution in [1.29, 1.82) is 0 Å². The van der Waals surface area contributed by atoms with Crippen LogP contribution in [0.3, 0.4) is 0 Å². The Balaban J connectivity index is 3.61. The fourth-order valence-corrected chi connectivity index (χ4v) is 3.88. The van der Waals surface area contributed by atoms with Crippen molar-refractivity contribution in [2.24, 2.45) is 4.40 Å². The van der Waals surface area contributed by atoms with E-state index in [1.165, 1.54) is 12.1 Å². The molecule has 0 bridgehead atoms. The average Bonchev–Trinajstić information content (AvgIpc) is 2.29. The third kappa shape index (κ3) is 2.92. The van der Waals surface area contributed by atoms with Crippen LogP contribution in [0.4, 0.5) is 0 Å². The zero-order chi connectivity index (χ0) is 13.8. The Morgan fingerprint density at radius 3 is 2.22 bits per heavy atom. The quantitative estimate of drug-likeness (QED) is 0.450. The van der Waals surface area contributed by atoms with E-state index in [0.717, 1.165) is 24.3 Å². The Labute approximate surface area is 105 Å². The first-order valence-corrected chi connectivity index (χ1v) is 7.71. The normalized spacial score (nSPS) is 11.6. The Kier molecular flexibility index (Phi) is 4.18. The van der Waals surface area contributed by atoms with E-state index in [-0.39, 0.29) is 0 Å². The number of hydrogen-bond acceptors (Lipinski definition) is 5. The molecule has 1 rings (SSSR count). The summed E-state index contributed by atoms with van der Waals surface area (Å²) in [6.07, 6.45) is 2.03. The fraction of sp³-hybridized carbons (Fsp3) is 0.100. The highest BCUT2D eigenvalue weighted by atomic mass is 32.2. The van der Waals surface area contributed by atoms with E-state index in [0.29, 0.717) is 0 Å². The first kappa shape index (κ1) is 14.3. The van der Waals surface area contributed by atoms with Gasteiger partial charge in [0.25, 0.3) is 16.1 Å². The zero-order valence-electron chi connectivity index (χ0n) is 9.11. The van der Waals surface area contributed by atoms with E-state index in [4.69, 9.17) is 0 Å². The van der Waals surface area contributed by atoms with Crippen molar-refractivity contribution in [2.75, 3.05) is 5.75 Å². The molecular weight excluding hydrogens is 278 g/mol. The first-order valence-electron chi connectivity index (χ1n) is 4.62. The van der Waals surface area contributed by atoms with Gasteiger partial charge in [0.15, 0.2) is 9.84 Å². The molecule has 0 radical (unpaired) electrons. The lowest BCUT2D eigenvalue weighted by atomic mass is 10.4. The van der Waals surface area contributed by atoms with E-state index in [9.17, 15) is 21.6 Å². The summed E-state index contributed by atoms with van der Waals surface area (Å²) >= 11 is 0. The van der Waals surface area contributed by atoms with E-state index < -0.39 is 35.4 Å².